The van der Waals surface area contributed by atoms with E-state index in [4.69, 9.17) is 14.2 Å². The summed E-state index contributed by atoms with van der Waals surface area (Å²) in [6.45, 7) is 10.9. The number of nitrogens with zero attached hydrogens (tertiary/aromatic N) is 1. The van der Waals surface area contributed by atoms with Crippen molar-refractivity contribution in [3.05, 3.63) is 108 Å². The maximum atomic E-state index is 6.88. The molecule has 0 bridgehead atoms. The molecule has 4 heteroatoms. The number of methoxy groups -OCH3 is 1. The summed E-state index contributed by atoms with van der Waals surface area (Å²) in [4.78, 5) is 2.48. The van der Waals surface area contributed by atoms with E-state index in [0.717, 1.165) is 32.5 Å². The lowest BCUT2D eigenvalue weighted by atomic mass is 10.0. The minimum Gasteiger partial charge on any atom is -0.375 e. The molecule has 0 fully saturated rings. The Bertz CT molecular complexity index is 1010. The normalized spacial score (nSPS) is 14.8. The molecule has 0 heterocycles. The number of rotatable bonds is 18. The van der Waals surface area contributed by atoms with Crippen molar-refractivity contribution in [1.29, 1.82) is 0 Å². The van der Waals surface area contributed by atoms with Crippen LogP contribution in [0.1, 0.15) is 88.4 Å². The van der Waals surface area contributed by atoms with Crippen molar-refractivity contribution < 1.29 is 14.2 Å². The third-order valence-corrected chi connectivity index (χ3v) is 7.20. The summed E-state index contributed by atoms with van der Waals surface area (Å²) in [7, 11) is 1.80. The van der Waals surface area contributed by atoms with Crippen LogP contribution in [0.3, 0.4) is 0 Å². The Morgan fingerprint density at radius 3 is 1.46 bits per heavy atom. The second-order valence-corrected chi connectivity index (χ2v) is 10.6. The van der Waals surface area contributed by atoms with Gasteiger partial charge >= 0.3 is 0 Å². The third-order valence-electron chi connectivity index (χ3n) is 7.20. The van der Waals surface area contributed by atoms with Crippen LogP contribution in [0.4, 0.5) is 0 Å². The van der Waals surface area contributed by atoms with Crippen molar-refractivity contribution in [1.82, 2.24) is 4.90 Å². The predicted octanol–water partition coefficient (Wildman–Crippen LogP) is 8.57. The lowest BCUT2D eigenvalue weighted by molar-refractivity contribution is -0.0625. The average molecular weight is 532 g/mol. The fourth-order valence-electron chi connectivity index (χ4n) is 5.06. The average Bonchev–Trinajstić information content (AvgIpc) is 2.98. The Balaban J connectivity index is 1.93. The van der Waals surface area contributed by atoms with Crippen molar-refractivity contribution in [2.45, 2.75) is 83.9 Å². The lowest BCUT2D eigenvalue weighted by Crippen LogP contribution is -2.38. The van der Waals surface area contributed by atoms with Crippen LogP contribution in [0.25, 0.3) is 0 Å². The van der Waals surface area contributed by atoms with Gasteiger partial charge in [-0.2, -0.15) is 0 Å². The first kappa shape index (κ1) is 31.0. The minimum atomic E-state index is -0.0574. The fraction of sp³-hybridized carbons (Fsp3) is 0.486. The molecule has 1 unspecified atom stereocenters. The van der Waals surface area contributed by atoms with Crippen LogP contribution in [-0.2, 0) is 14.2 Å². The molecule has 4 atom stereocenters. The highest BCUT2D eigenvalue weighted by Gasteiger charge is 2.26. The van der Waals surface area contributed by atoms with Crippen LogP contribution in [0.5, 0.6) is 0 Å². The summed E-state index contributed by atoms with van der Waals surface area (Å²) in [5, 5.41) is 0. The second-order valence-electron chi connectivity index (χ2n) is 10.6. The Morgan fingerprint density at radius 2 is 1.05 bits per heavy atom. The first-order chi connectivity index (χ1) is 19.0. The molecular formula is C35H49NO3. The van der Waals surface area contributed by atoms with Gasteiger partial charge in [0.25, 0.3) is 0 Å². The molecule has 0 radical (unpaired) electrons. The smallest absolute Gasteiger partial charge is 0.0955 e. The number of hydrogen-bond acceptors (Lipinski definition) is 4. The Labute approximate surface area is 237 Å². The van der Waals surface area contributed by atoms with Gasteiger partial charge in [0.15, 0.2) is 0 Å². The summed E-state index contributed by atoms with van der Waals surface area (Å²) in [5.74, 6) is 0. The SMILES string of the molecule is CCCCC(CC)O[C@@H](CN(C[C@H](OC)c1ccccc1)C[C@H](OC(C)C)c1ccccc1)c1ccccc1. The van der Waals surface area contributed by atoms with E-state index in [-0.39, 0.29) is 30.5 Å². The molecule has 3 aromatic rings. The zero-order valence-electron chi connectivity index (χ0n) is 24.7. The van der Waals surface area contributed by atoms with E-state index >= 15 is 0 Å². The highest BCUT2D eigenvalue weighted by Crippen LogP contribution is 2.28. The van der Waals surface area contributed by atoms with Gasteiger partial charge in [-0.1, -0.05) is 118 Å². The largest absolute Gasteiger partial charge is 0.375 e. The number of benzene rings is 3. The van der Waals surface area contributed by atoms with E-state index < -0.39 is 0 Å². The van der Waals surface area contributed by atoms with Gasteiger partial charge in [-0.05, 0) is 43.4 Å². The summed E-state index contributed by atoms with van der Waals surface area (Å²) in [6, 6.07) is 31.8. The van der Waals surface area contributed by atoms with E-state index in [1.165, 1.54) is 29.5 Å². The minimum absolute atomic E-state index is 0.0447. The molecule has 3 rings (SSSR count). The summed E-state index contributed by atoms with van der Waals surface area (Å²) in [6.07, 6.45) is 4.66. The zero-order chi connectivity index (χ0) is 27.9. The van der Waals surface area contributed by atoms with Gasteiger partial charge in [-0.3, -0.25) is 4.90 Å². The molecule has 0 aliphatic carbocycles. The van der Waals surface area contributed by atoms with Gasteiger partial charge in [0.2, 0.25) is 0 Å². The van der Waals surface area contributed by atoms with Crippen LogP contribution in [-0.4, -0.2) is 43.9 Å². The van der Waals surface area contributed by atoms with E-state index in [0.29, 0.717) is 0 Å². The Hall–Kier alpha value is -2.50. The molecule has 0 aliphatic heterocycles. The Kier molecular flexibility index (Phi) is 13.7. The van der Waals surface area contributed by atoms with E-state index in [1.54, 1.807) is 7.11 Å². The van der Waals surface area contributed by atoms with Gasteiger partial charge in [-0.25, -0.2) is 0 Å². The van der Waals surface area contributed by atoms with Crippen LogP contribution in [0, 0.1) is 0 Å². The number of hydrogen-bond donors (Lipinski definition) is 0. The van der Waals surface area contributed by atoms with E-state index in [2.05, 4.69) is 124 Å². The van der Waals surface area contributed by atoms with Gasteiger partial charge in [0, 0.05) is 26.7 Å². The highest BCUT2D eigenvalue weighted by molar-refractivity contribution is 5.21. The molecule has 212 valence electrons. The van der Waals surface area contributed by atoms with Crippen molar-refractivity contribution in [3.63, 3.8) is 0 Å². The van der Waals surface area contributed by atoms with Crippen molar-refractivity contribution in [2.24, 2.45) is 0 Å². The monoisotopic (exact) mass is 531 g/mol. The first-order valence-electron chi connectivity index (χ1n) is 14.7. The summed E-state index contributed by atoms with van der Waals surface area (Å²) < 4.78 is 19.4. The second kappa shape index (κ2) is 17.2. The quantitative estimate of drug-likeness (QED) is 0.164. The maximum absolute atomic E-state index is 6.88. The molecule has 39 heavy (non-hydrogen) atoms. The molecule has 0 spiro atoms. The van der Waals surface area contributed by atoms with Crippen LogP contribution >= 0.6 is 0 Å². The van der Waals surface area contributed by atoms with Crippen molar-refractivity contribution in [2.75, 3.05) is 26.7 Å². The lowest BCUT2D eigenvalue weighted by Gasteiger charge is -2.35. The standard InChI is InChI=1S/C35H49NO3/c1-6-8-24-32(7-2)39-35(31-22-16-11-17-23-31)27-36(25-33(37-5)29-18-12-9-13-19-29)26-34(38-28(3)4)30-20-14-10-15-21-30/h9-23,28,32-35H,6-8,24-27H2,1-5H3/t32?,33-,34-,35-/m0/s1. The van der Waals surface area contributed by atoms with Crippen LogP contribution < -0.4 is 0 Å². The van der Waals surface area contributed by atoms with Gasteiger partial charge in [0.05, 0.1) is 30.5 Å². The zero-order valence-corrected chi connectivity index (χ0v) is 24.7. The molecule has 4 nitrogen and oxygen atoms in total. The third kappa shape index (κ3) is 10.5. The maximum Gasteiger partial charge on any atom is 0.0955 e. The molecule has 0 N–H and O–H groups in total. The van der Waals surface area contributed by atoms with Gasteiger partial charge in [-0.15, -0.1) is 0 Å². The van der Waals surface area contributed by atoms with Gasteiger partial charge < -0.3 is 14.2 Å². The molecule has 0 saturated carbocycles. The molecule has 0 aromatic heterocycles. The summed E-state index contributed by atoms with van der Waals surface area (Å²) >= 11 is 0. The molecular weight excluding hydrogens is 482 g/mol. The predicted molar refractivity (Wildman–Crippen MR) is 162 cm³/mol. The fourth-order valence-corrected chi connectivity index (χ4v) is 5.06. The van der Waals surface area contributed by atoms with Crippen molar-refractivity contribution >= 4 is 0 Å². The van der Waals surface area contributed by atoms with Gasteiger partial charge in [0.1, 0.15) is 0 Å². The van der Waals surface area contributed by atoms with E-state index in [1.807, 2.05) is 0 Å². The van der Waals surface area contributed by atoms with Crippen molar-refractivity contribution in [3.8, 4) is 0 Å². The molecule has 0 saturated heterocycles. The topological polar surface area (TPSA) is 30.9 Å². The van der Waals surface area contributed by atoms with E-state index in [9.17, 15) is 0 Å². The molecule has 0 amide bonds. The number of ether oxygens (including phenoxy) is 3. The summed E-state index contributed by atoms with van der Waals surface area (Å²) in [5.41, 5.74) is 3.58. The highest BCUT2D eigenvalue weighted by atomic mass is 16.5. The molecule has 3 aromatic carbocycles. The number of unbranched alkanes of at least 4 members (excludes halogenated alkanes) is 1. The van der Waals surface area contributed by atoms with Crippen LogP contribution in [0.2, 0.25) is 0 Å². The van der Waals surface area contributed by atoms with Crippen LogP contribution in [0.15, 0.2) is 91.0 Å². The molecule has 0 aliphatic rings. The Morgan fingerprint density at radius 1 is 0.615 bits per heavy atom. The first-order valence-corrected chi connectivity index (χ1v) is 14.7.